The molecular weight excluding hydrogens is 224 g/mol. The standard InChI is InChI=1S/C11H16N2O2S/c1-7(14)9-6-16-11(12-9)13-10(15)5-8-3-2-4-8/h6-8,14H,2-5H2,1H3,(H,12,13,15). The number of aromatic nitrogens is 1. The van der Waals surface area contributed by atoms with Crippen molar-refractivity contribution in [1.82, 2.24) is 4.98 Å². The quantitative estimate of drug-likeness (QED) is 0.849. The smallest absolute Gasteiger partial charge is 0.226 e. The summed E-state index contributed by atoms with van der Waals surface area (Å²) >= 11 is 1.36. The van der Waals surface area contributed by atoms with Gasteiger partial charge in [-0.3, -0.25) is 4.79 Å². The first-order valence-corrected chi connectivity index (χ1v) is 6.46. The number of nitrogens with one attached hydrogen (secondary N) is 1. The normalized spacial score (nSPS) is 17.9. The van der Waals surface area contributed by atoms with Crippen molar-refractivity contribution >= 4 is 22.4 Å². The molecule has 1 amide bonds. The zero-order valence-corrected chi connectivity index (χ0v) is 10.1. The molecule has 16 heavy (non-hydrogen) atoms. The van der Waals surface area contributed by atoms with E-state index < -0.39 is 6.10 Å². The molecule has 0 saturated heterocycles. The van der Waals surface area contributed by atoms with Crippen molar-refractivity contribution in [2.75, 3.05) is 5.32 Å². The largest absolute Gasteiger partial charge is 0.387 e. The predicted octanol–water partition coefficient (Wildman–Crippen LogP) is 2.33. The van der Waals surface area contributed by atoms with E-state index in [2.05, 4.69) is 10.3 Å². The zero-order valence-electron chi connectivity index (χ0n) is 9.27. The van der Waals surface area contributed by atoms with Crippen LogP contribution in [0.3, 0.4) is 0 Å². The van der Waals surface area contributed by atoms with E-state index in [0.29, 0.717) is 23.2 Å². The van der Waals surface area contributed by atoms with Crippen LogP contribution in [0.1, 0.15) is 44.4 Å². The van der Waals surface area contributed by atoms with Gasteiger partial charge in [0.2, 0.25) is 5.91 Å². The third-order valence-corrected chi connectivity index (χ3v) is 3.67. The summed E-state index contributed by atoms with van der Waals surface area (Å²) in [5.74, 6) is 0.604. The Morgan fingerprint density at radius 3 is 3.00 bits per heavy atom. The van der Waals surface area contributed by atoms with Crippen molar-refractivity contribution in [1.29, 1.82) is 0 Å². The van der Waals surface area contributed by atoms with Crippen LogP contribution in [0.25, 0.3) is 0 Å². The van der Waals surface area contributed by atoms with Crippen LogP contribution in [0.4, 0.5) is 5.13 Å². The SMILES string of the molecule is CC(O)c1csc(NC(=O)CC2CCC2)n1. The van der Waals surface area contributed by atoms with Crippen LogP contribution in [0.15, 0.2) is 5.38 Å². The van der Waals surface area contributed by atoms with Crippen LogP contribution in [-0.4, -0.2) is 16.0 Å². The first kappa shape index (κ1) is 11.5. The minimum absolute atomic E-state index is 0.0381. The van der Waals surface area contributed by atoms with Crippen molar-refractivity contribution in [2.45, 2.75) is 38.7 Å². The summed E-state index contributed by atoms with van der Waals surface area (Å²) < 4.78 is 0. The molecule has 1 aliphatic carbocycles. The van der Waals surface area contributed by atoms with Gasteiger partial charge in [-0.2, -0.15) is 0 Å². The number of nitrogens with zero attached hydrogens (tertiary/aromatic N) is 1. The lowest BCUT2D eigenvalue weighted by Gasteiger charge is -2.24. The van der Waals surface area contributed by atoms with E-state index in [9.17, 15) is 9.90 Å². The van der Waals surface area contributed by atoms with Crippen LogP contribution < -0.4 is 5.32 Å². The maximum absolute atomic E-state index is 11.6. The van der Waals surface area contributed by atoms with Crippen molar-refractivity contribution in [3.63, 3.8) is 0 Å². The molecule has 1 heterocycles. The molecule has 1 atom stereocenters. The van der Waals surface area contributed by atoms with Gasteiger partial charge in [0.1, 0.15) is 0 Å². The molecule has 1 aromatic rings. The number of anilines is 1. The third-order valence-electron chi connectivity index (χ3n) is 2.90. The van der Waals surface area contributed by atoms with E-state index in [1.807, 2.05) is 0 Å². The molecule has 1 fully saturated rings. The summed E-state index contributed by atoms with van der Waals surface area (Å²) in [5, 5.41) is 14.4. The molecule has 0 radical (unpaired) electrons. The number of rotatable bonds is 4. The second kappa shape index (κ2) is 4.93. The third kappa shape index (κ3) is 2.80. The first-order valence-electron chi connectivity index (χ1n) is 5.58. The number of carbonyl (C=O) groups excluding carboxylic acids is 1. The van der Waals surface area contributed by atoms with E-state index in [4.69, 9.17) is 0 Å². The molecule has 0 aliphatic heterocycles. The lowest BCUT2D eigenvalue weighted by Crippen LogP contribution is -2.20. The average Bonchev–Trinajstić information content (AvgIpc) is 2.60. The number of aliphatic hydroxyl groups excluding tert-OH is 1. The van der Waals surface area contributed by atoms with Gasteiger partial charge in [0.25, 0.3) is 0 Å². The fraction of sp³-hybridized carbons (Fsp3) is 0.636. The van der Waals surface area contributed by atoms with Gasteiger partial charge in [0, 0.05) is 11.8 Å². The molecule has 1 aromatic heterocycles. The van der Waals surface area contributed by atoms with E-state index >= 15 is 0 Å². The molecule has 1 saturated carbocycles. The highest BCUT2D eigenvalue weighted by molar-refractivity contribution is 7.13. The Hall–Kier alpha value is -0.940. The minimum atomic E-state index is -0.575. The highest BCUT2D eigenvalue weighted by Crippen LogP contribution is 2.30. The van der Waals surface area contributed by atoms with Gasteiger partial charge in [-0.05, 0) is 25.7 Å². The molecule has 1 aliphatic rings. The number of carbonyl (C=O) groups is 1. The summed E-state index contributed by atoms with van der Waals surface area (Å²) in [6, 6.07) is 0. The summed E-state index contributed by atoms with van der Waals surface area (Å²) in [6.45, 7) is 1.66. The Bertz CT molecular complexity index is 372. The summed E-state index contributed by atoms with van der Waals surface area (Å²) in [5.41, 5.74) is 0.615. The molecule has 4 nitrogen and oxygen atoms in total. The Morgan fingerprint density at radius 2 is 2.50 bits per heavy atom. The molecular formula is C11H16N2O2S. The number of hydrogen-bond acceptors (Lipinski definition) is 4. The highest BCUT2D eigenvalue weighted by Gasteiger charge is 2.21. The molecule has 1 unspecified atom stereocenters. The van der Waals surface area contributed by atoms with Gasteiger partial charge in [-0.25, -0.2) is 4.98 Å². The molecule has 2 N–H and O–H groups in total. The van der Waals surface area contributed by atoms with Crippen LogP contribution in [-0.2, 0) is 4.79 Å². The maximum Gasteiger partial charge on any atom is 0.226 e. The Morgan fingerprint density at radius 1 is 1.75 bits per heavy atom. The number of amides is 1. The van der Waals surface area contributed by atoms with Gasteiger partial charge in [-0.15, -0.1) is 11.3 Å². The van der Waals surface area contributed by atoms with Gasteiger partial charge in [0.15, 0.2) is 5.13 Å². The van der Waals surface area contributed by atoms with Crippen LogP contribution in [0.5, 0.6) is 0 Å². The highest BCUT2D eigenvalue weighted by atomic mass is 32.1. The summed E-state index contributed by atoms with van der Waals surface area (Å²) in [6.07, 6.45) is 3.62. The summed E-state index contributed by atoms with van der Waals surface area (Å²) in [7, 11) is 0. The van der Waals surface area contributed by atoms with Crippen LogP contribution in [0.2, 0.25) is 0 Å². The topological polar surface area (TPSA) is 62.2 Å². The number of thiazole rings is 1. The Labute approximate surface area is 98.7 Å². The van der Waals surface area contributed by atoms with Crippen LogP contribution >= 0.6 is 11.3 Å². The fourth-order valence-electron chi connectivity index (χ4n) is 1.66. The fourth-order valence-corrected chi connectivity index (χ4v) is 2.48. The molecule has 2 rings (SSSR count). The van der Waals surface area contributed by atoms with Gasteiger partial charge >= 0.3 is 0 Å². The summed E-state index contributed by atoms with van der Waals surface area (Å²) in [4.78, 5) is 15.7. The van der Waals surface area contributed by atoms with E-state index in [-0.39, 0.29) is 5.91 Å². The minimum Gasteiger partial charge on any atom is -0.387 e. The van der Waals surface area contributed by atoms with Gasteiger partial charge in [-0.1, -0.05) is 6.42 Å². The zero-order chi connectivity index (χ0) is 11.5. The molecule has 0 aromatic carbocycles. The van der Waals surface area contributed by atoms with Gasteiger partial charge < -0.3 is 10.4 Å². The van der Waals surface area contributed by atoms with E-state index in [1.165, 1.54) is 30.6 Å². The van der Waals surface area contributed by atoms with E-state index in [0.717, 1.165) is 0 Å². The van der Waals surface area contributed by atoms with Crippen molar-refractivity contribution in [3.05, 3.63) is 11.1 Å². The molecule has 5 heteroatoms. The first-order chi connectivity index (χ1) is 7.65. The second-order valence-corrected chi connectivity index (χ2v) is 5.16. The second-order valence-electron chi connectivity index (χ2n) is 4.30. The van der Waals surface area contributed by atoms with Crippen molar-refractivity contribution in [2.24, 2.45) is 5.92 Å². The van der Waals surface area contributed by atoms with Crippen LogP contribution in [0, 0.1) is 5.92 Å². The predicted molar refractivity (Wildman–Crippen MR) is 63.3 cm³/mol. The lowest BCUT2D eigenvalue weighted by atomic mass is 9.83. The Balaban J connectivity index is 1.85. The molecule has 88 valence electrons. The Kier molecular flexibility index (Phi) is 3.56. The number of aliphatic hydroxyl groups is 1. The van der Waals surface area contributed by atoms with Crippen molar-refractivity contribution in [3.8, 4) is 0 Å². The lowest BCUT2D eigenvalue weighted by molar-refractivity contribution is -0.117. The maximum atomic E-state index is 11.6. The number of hydrogen-bond donors (Lipinski definition) is 2. The van der Waals surface area contributed by atoms with Gasteiger partial charge in [0.05, 0.1) is 11.8 Å². The molecule has 0 spiro atoms. The van der Waals surface area contributed by atoms with Crippen molar-refractivity contribution < 1.29 is 9.90 Å². The van der Waals surface area contributed by atoms with E-state index in [1.54, 1.807) is 12.3 Å². The monoisotopic (exact) mass is 240 g/mol. The molecule has 0 bridgehead atoms. The average molecular weight is 240 g/mol.